The second-order valence-corrected chi connectivity index (χ2v) is 3.57. The molecule has 0 radical (unpaired) electrons. The second-order valence-electron chi connectivity index (χ2n) is 3.57. The normalized spacial score (nSPS) is 10.1. The number of amides is 1. The van der Waals surface area contributed by atoms with Gasteiger partial charge in [-0.25, -0.2) is 15.2 Å². The topological polar surface area (TPSA) is 52.6 Å². The van der Waals surface area contributed by atoms with Crippen LogP contribution in [0.3, 0.4) is 0 Å². The van der Waals surface area contributed by atoms with Gasteiger partial charge in [-0.3, -0.25) is 0 Å². The zero-order chi connectivity index (χ0) is 11.8. The molecule has 0 aromatic heterocycles. The highest BCUT2D eigenvalue weighted by Gasteiger charge is 2.12. The zero-order valence-corrected chi connectivity index (χ0v) is 9.52. The summed E-state index contributed by atoms with van der Waals surface area (Å²) in [6.45, 7) is 2.79. The van der Waals surface area contributed by atoms with Gasteiger partial charge in [0.2, 0.25) is 0 Å². The van der Waals surface area contributed by atoms with Crippen molar-refractivity contribution < 1.29 is 9.90 Å². The van der Waals surface area contributed by atoms with E-state index in [1.54, 1.807) is 12.1 Å². The third-order valence-corrected chi connectivity index (χ3v) is 2.26. The van der Waals surface area contributed by atoms with Gasteiger partial charge in [0.15, 0.2) is 0 Å². The number of hydrazine groups is 1. The summed E-state index contributed by atoms with van der Waals surface area (Å²) >= 11 is 0. The Labute approximate surface area is 95.9 Å². The molecule has 1 rings (SSSR count). The highest BCUT2D eigenvalue weighted by atomic mass is 16.4. The number of para-hydroxylation sites is 1. The van der Waals surface area contributed by atoms with E-state index in [4.69, 9.17) is 5.11 Å². The predicted molar refractivity (Wildman–Crippen MR) is 64.5 cm³/mol. The maximum absolute atomic E-state index is 11.0. The van der Waals surface area contributed by atoms with Crippen LogP contribution in [0.25, 0.3) is 0 Å². The van der Waals surface area contributed by atoms with Crippen molar-refractivity contribution in [3.05, 3.63) is 30.3 Å². The van der Waals surface area contributed by atoms with Crippen LogP contribution in [0.2, 0.25) is 0 Å². The molecule has 16 heavy (non-hydrogen) atoms. The van der Waals surface area contributed by atoms with Gasteiger partial charge < -0.3 is 5.11 Å². The Bertz CT molecular complexity index is 314. The number of nitrogens with one attached hydrogen (secondary N) is 1. The van der Waals surface area contributed by atoms with Crippen LogP contribution in [-0.2, 0) is 0 Å². The molecule has 0 unspecified atom stereocenters. The molecule has 0 saturated carbocycles. The van der Waals surface area contributed by atoms with E-state index >= 15 is 0 Å². The minimum atomic E-state index is -0.984. The van der Waals surface area contributed by atoms with E-state index in [0.717, 1.165) is 24.3 Å². The van der Waals surface area contributed by atoms with Crippen LogP contribution in [0, 0.1) is 0 Å². The Balaban J connectivity index is 2.52. The molecule has 88 valence electrons. The molecule has 0 aliphatic heterocycles. The molecule has 1 amide bonds. The summed E-state index contributed by atoms with van der Waals surface area (Å²) in [5.41, 5.74) is 3.55. The van der Waals surface area contributed by atoms with Crippen molar-refractivity contribution >= 4 is 11.8 Å². The Morgan fingerprint density at radius 2 is 2.00 bits per heavy atom. The molecule has 4 nitrogen and oxygen atoms in total. The van der Waals surface area contributed by atoms with Crippen molar-refractivity contribution in [1.82, 2.24) is 5.43 Å². The van der Waals surface area contributed by atoms with Gasteiger partial charge in [-0.15, -0.1) is 0 Å². The Hall–Kier alpha value is -1.55. The lowest BCUT2D eigenvalue weighted by molar-refractivity contribution is 0.198. The number of rotatable bonds is 6. The molecule has 0 saturated heterocycles. The molecular weight excluding hydrogens is 204 g/mol. The van der Waals surface area contributed by atoms with Crippen LogP contribution >= 0.6 is 0 Å². The molecule has 0 heterocycles. The summed E-state index contributed by atoms with van der Waals surface area (Å²) in [5.74, 6) is 0. The molecule has 0 atom stereocenters. The SMILES string of the molecule is CCCCCNN(C(=O)O)c1ccccc1. The van der Waals surface area contributed by atoms with Gasteiger partial charge in [-0.1, -0.05) is 38.0 Å². The quantitative estimate of drug-likeness (QED) is 0.575. The molecule has 0 fully saturated rings. The highest BCUT2D eigenvalue weighted by molar-refractivity contribution is 5.84. The van der Waals surface area contributed by atoms with Crippen LogP contribution in [0.5, 0.6) is 0 Å². The van der Waals surface area contributed by atoms with E-state index in [0.29, 0.717) is 12.2 Å². The Morgan fingerprint density at radius 1 is 1.31 bits per heavy atom. The van der Waals surface area contributed by atoms with Crippen LogP contribution in [0.4, 0.5) is 10.5 Å². The lowest BCUT2D eigenvalue weighted by atomic mass is 10.2. The van der Waals surface area contributed by atoms with Crippen LogP contribution < -0.4 is 10.4 Å². The summed E-state index contributed by atoms with van der Waals surface area (Å²) in [6.07, 6.45) is 2.23. The van der Waals surface area contributed by atoms with Gasteiger partial charge in [0.25, 0.3) is 0 Å². The summed E-state index contributed by atoms with van der Waals surface area (Å²) < 4.78 is 0. The van der Waals surface area contributed by atoms with Gasteiger partial charge in [0.05, 0.1) is 5.69 Å². The summed E-state index contributed by atoms with van der Waals surface area (Å²) in [5, 5.41) is 10.2. The van der Waals surface area contributed by atoms with Crippen LogP contribution in [-0.4, -0.2) is 17.7 Å². The average molecular weight is 222 g/mol. The molecule has 1 aromatic carbocycles. The first-order valence-corrected chi connectivity index (χ1v) is 5.57. The molecule has 0 spiro atoms. The van der Waals surface area contributed by atoms with E-state index in [1.165, 1.54) is 0 Å². The number of carboxylic acid groups (broad SMARTS) is 1. The van der Waals surface area contributed by atoms with Crippen molar-refractivity contribution in [2.24, 2.45) is 0 Å². The third kappa shape index (κ3) is 3.90. The first kappa shape index (κ1) is 12.5. The average Bonchev–Trinajstić information content (AvgIpc) is 2.30. The molecule has 1 aromatic rings. The highest BCUT2D eigenvalue weighted by Crippen LogP contribution is 2.10. The van der Waals surface area contributed by atoms with Crippen LogP contribution in [0.15, 0.2) is 30.3 Å². The monoisotopic (exact) mass is 222 g/mol. The molecule has 4 heteroatoms. The zero-order valence-electron chi connectivity index (χ0n) is 9.52. The molecule has 2 N–H and O–H groups in total. The Morgan fingerprint density at radius 3 is 2.56 bits per heavy atom. The van der Waals surface area contributed by atoms with Crippen molar-refractivity contribution in [3.8, 4) is 0 Å². The van der Waals surface area contributed by atoms with Gasteiger partial charge >= 0.3 is 6.09 Å². The number of hydrogen-bond donors (Lipinski definition) is 2. The van der Waals surface area contributed by atoms with Gasteiger partial charge in [0.1, 0.15) is 0 Å². The smallest absolute Gasteiger partial charge is 0.426 e. The molecular formula is C12H18N2O2. The Kier molecular flexibility index (Phi) is 5.36. The predicted octanol–water partition coefficient (Wildman–Crippen LogP) is 2.87. The number of hydrogen-bond acceptors (Lipinski definition) is 2. The summed E-state index contributed by atoms with van der Waals surface area (Å²) in [4.78, 5) is 11.0. The maximum atomic E-state index is 11.0. The lowest BCUT2D eigenvalue weighted by Gasteiger charge is -2.19. The van der Waals surface area contributed by atoms with E-state index in [2.05, 4.69) is 12.3 Å². The lowest BCUT2D eigenvalue weighted by Crippen LogP contribution is -2.42. The second kappa shape index (κ2) is 6.85. The molecule has 0 bridgehead atoms. The fourth-order valence-corrected chi connectivity index (χ4v) is 1.41. The molecule has 0 aliphatic carbocycles. The fourth-order valence-electron chi connectivity index (χ4n) is 1.41. The largest absolute Gasteiger partial charge is 0.464 e. The van der Waals surface area contributed by atoms with E-state index in [1.807, 2.05) is 18.2 Å². The fraction of sp³-hybridized carbons (Fsp3) is 0.417. The van der Waals surface area contributed by atoms with E-state index in [9.17, 15) is 4.79 Å². The van der Waals surface area contributed by atoms with Gasteiger partial charge in [-0.2, -0.15) is 0 Å². The summed E-state index contributed by atoms with van der Waals surface area (Å²) in [7, 11) is 0. The third-order valence-electron chi connectivity index (χ3n) is 2.26. The van der Waals surface area contributed by atoms with Crippen molar-refractivity contribution in [3.63, 3.8) is 0 Å². The van der Waals surface area contributed by atoms with Crippen LogP contribution in [0.1, 0.15) is 26.2 Å². The number of benzene rings is 1. The van der Waals surface area contributed by atoms with Gasteiger partial charge in [0, 0.05) is 6.54 Å². The van der Waals surface area contributed by atoms with Crippen molar-refractivity contribution in [1.29, 1.82) is 0 Å². The van der Waals surface area contributed by atoms with E-state index < -0.39 is 6.09 Å². The summed E-state index contributed by atoms with van der Waals surface area (Å²) in [6, 6.07) is 9.03. The number of carbonyl (C=O) groups is 1. The maximum Gasteiger partial charge on any atom is 0.426 e. The molecule has 0 aliphatic rings. The number of anilines is 1. The standard InChI is InChI=1S/C12H18N2O2/c1-2-3-7-10-13-14(12(15)16)11-8-5-4-6-9-11/h4-6,8-9,13H,2-3,7,10H2,1H3,(H,15,16). The van der Waals surface area contributed by atoms with Gasteiger partial charge in [-0.05, 0) is 18.6 Å². The van der Waals surface area contributed by atoms with Crippen molar-refractivity contribution in [2.45, 2.75) is 26.2 Å². The minimum Gasteiger partial charge on any atom is -0.464 e. The first-order chi connectivity index (χ1) is 7.75. The van der Waals surface area contributed by atoms with E-state index in [-0.39, 0.29) is 0 Å². The first-order valence-electron chi connectivity index (χ1n) is 5.57. The minimum absolute atomic E-state index is 0.645. The number of unbranched alkanes of at least 4 members (excludes halogenated alkanes) is 2. The van der Waals surface area contributed by atoms with Crippen molar-refractivity contribution in [2.75, 3.05) is 11.6 Å². The number of nitrogens with zero attached hydrogens (tertiary/aromatic N) is 1.